The molecule has 0 saturated heterocycles. The monoisotopic (exact) mass is 467 g/mol. The molecule has 0 aromatic heterocycles. The van der Waals surface area contributed by atoms with E-state index >= 15 is 0 Å². The molecule has 0 radical (unpaired) electrons. The van der Waals surface area contributed by atoms with E-state index in [4.69, 9.17) is 4.74 Å². The Morgan fingerprint density at radius 3 is 2.62 bits per heavy atom. The molecule has 2 saturated carbocycles. The minimum absolute atomic E-state index is 0.000554. The van der Waals surface area contributed by atoms with E-state index in [2.05, 4.69) is 31.4 Å². The molecular formula is C23H37N3O5S. The van der Waals surface area contributed by atoms with E-state index in [0.717, 1.165) is 17.1 Å². The molecule has 9 heteroatoms. The Morgan fingerprint density at radius 1 is 1.31 bits per heavy atom. The third kappa shape index (κ3) is 4.53. The number of rotatable bonds is 10. The van der Waals surface area contributed by atoms with E-state index in [1.54, 1.807) is 19.2 Å². The normalized spacial score (nSPS) is 26.5. The predicted octanol–water partition coefficient (Wildman–Crippen LogP) is 2.30. The summed E-state index contributed by atoms with van der Waals surface area (Å²) in [5.74, 6) is 0.329. The van der Waals surface area contributed by atoms with Gasteiger partial charge in [0.1, 0.15) is 4.90 Å². The van der Waals surface area contributed by atoms with Crippen molar-refractivity contribution in [3.63, 3.8) is 0 Å². The number of carbonyl (C=O) groups is 1. The number of likely N-dealkylation sites (N-methyl/N-ethyl adjacent to an activating group) is 1. The number of anilines is 1. The van der Waals surface area contributed by atoms with Crippen LogP contribution >= 0.6 is 0 Å². The van der Waals surface area contributed by atoms with Crippen LogP contribution < -0.4 is 10.6 Å². The molecule has 3 N–H and O–H groups in total. The molecule has 2 aliphatic carbocycles. The third-order valence-corrected chi connectivity index (χ3v) is 9.41. The zero-order chi connectivity index (χ0) is 23.7. The second-order valence-electron chi connectivity index (χ2n) is 10.0. The van der Waals surface area contributed by atoms with Crippen LogP contribution in [0.25, 0.3) is 0 Å². The van der Waals surface area contributed by atoms with Gasteiger partial charge in [0.25, 0.3) is 5.91 Å². The lowest BCUT2D eigenvalue weighted by Gasteiger charge is -2.43. The molecule has 2 bridgehead atoms. The summed E-state index contributed by atoms with van der Waals surface area (Å²) in [7, 11) is -0.924. The Morgan fingerprint density at radius 2 is 2.03 bits per heavy atom. The molecule has 0 spiro atoms. The highest BCUT2D eigenvalue weighted by atomic mass is 32.2. The lowest BCUT2D eigenvalue weighted by molar-refractivity contribution is 0.0737. The maximum atomic E-state index is 13.3. The molecule has 2 aliphatic rings. The summed E-state index contributed by atoms with van der Waals surface area (Å²) in [4.78, 5) is 13.3. The van der Waals surface area contributed by atoms with Gasteiger partial charge >= 0.3 is 0 Å². The molecule has 1 amide bonds. The topological polar surface area (TPSA) is 108 Å². The van der Waals surface area contributed by atoms with Crippen LogP contribution in [-0.2, 0) is 14.8 Å². The fourth-order valence-electron chi connectivity index (χ4n) is 5.62. The second kappa shape index (κ2) is 9.29. The first-order chi connectivity index (χ1) is 15.0. The van der Waals surface area contributed by atoms with Crippen molar-refractivity contribution < 1.29 is 23.1 Å². The van der Waals surface area contributed by atoms with Gasteiger partial charge in [-0.2, -0.15) is 4.31 Å². The molecule has 1 aromatic carbocycles. The van der Waals surface area contributed by atoms with Crippen LogP contribution in [0.1, 0.15) is 50.4 Å². The van der Waals surface area contributed by atoms with E-state index in [-0.39, 0.29) is 40.8 Å². The third-order valence-electron chi connectivity index (χ3n) is 7.51. The first kappa shape index (κ1) is 25.0. The molecule has 1 aromatic rings. The summed E-state index contributed by atoms with van der Waals surface area (Å²) in [5, 5.41) is 15.5. The molecule has 3 atom stereocenters. The van der Waals surface area contributed by atoms with Gasteiger partial charge in [0.2, 0.25) is 10.0 Å². The summed E-state index contributed by atoms with van der Waals surface area (Å²) in [6.45, 7) is 7.18. The average molecular weight is 468 g/mol. The number of sulfonamides is 1. The minimum Gasteiger partial charge on any atom is -0.395 e. The predicted molar refractivity (Wildman–Crippen MR) is 124 cm³/mol. The SMILES string of the molecule is COCCNc1ccc(C(=O)NC2C3(C)CC[C@H](C3)C2(C)C)cc1S(=O)(=O)N(C)CCO. The molecular weight excluding hydrogens is 430 g/mol. The number of nitrogens with one attached hydrogen (secondary N) is 2. The number of hydrogen-bond acceptors (Lipinski definition) is 6. The van der Waals surface area contributed by atoms with Gasteiger partial charge in [0.05, 0.1) is 18.9 Å². The number of amides is 1. The van der Waals surface area contributed by atoms with E-state index in [9.17, 15) is 18.3 Å². The zero-order valence-electron chi connectivity index (χ0n) is 19.8. The maximum Gasteiger partial charge on any atom is 0.251 e. The lowest BCUT2D eigenvalue weighted by atomic mass is 9.68. The highest BCUT2D eigenvalue weighted by Crippen LogP contribution is 2.62. The van der Waals surface area contributed by atoms with E-state index in [0.29, 0.717) is 30.3 Å². The van der Waals surface area contributed by atoms with Crippen LogP contribution in [0, 0.1) is 16.7 Å². The summed E-state index contributed by atoms with van der Waals surface area (Å²) in [6, 6.07) is 4.74. The molecule has 2 unspecified atom stereocenters. The van der Waals surface area contributed by atoms with Gasteiger partial charge < -0.3 is 20.5 Å². The van der Waals surface area contributed by atoms with E-state index in [1.165, 1.54) is 19.5 Å². The Hall–Kier alpha value is -1.68. The highest BCUT2D eigenvalue weighted by Gasteiger charge is 2.59. The Labute approximate surface area is 191 Å². The molecule has 32 heavy (non-hydrogen) atoms. The number of aliphatic hydroxyl groups excluding tert-OH is 1. The van der Waals surface area contributed by atoms with Crippen LogP contribution in [0.5, 0.6) is 0 Å². The maximum absolute atomic E-state index is 13.3. The van der Waals surface area contributed by atoms with Gasteiger partial charge in [0, 0.05) is 38.9 Å². The number of ether oxygens (including phenoxy) is 1. The number of benzene rings is 1. The van der Waals surface area contributed by atoms with E-state index < -0.39 is 10.0 Å². The average Bonchev–Trinajstić information content (AvgIpc) is 3.22. The first-order valence-corrected chi connectivity index (χ1v) is 12.7. The largest absolute Gasteiger partial charge is 0.395 e. The molecule has 0 aliphatic heterocycles. The standard InChI is InChI=1S/C23H37N3O5S/c1-22(2)17-8-9-23(3,15-17)21(22)25-20(28)16-6-7-18(24-10-13-31-5)19(14-16)32(29,30)26(4)11-12-27/h6-7,14,17,21,24,27H,8-13,15H2,1-5H3,(H,25,28)/t17-,21?,23?/m1/s1. The minimum atomic E-state index is -3.91. The van der Waals surface area contributed by atoms with Gasteiger partial charge in [-0.05, 0) is 54.2 Å². The lowest BCUT2D eigenvalue weighted by Crippen LogP contribution is -2.52. The van der Waals surface area contributed by atoms with Crippen molar-refractivity contribution in [3.8, 4) is 0 Å². The smallest absolute Gasteiger partial charge is 0.251 e. The number of aliphatic hydroxyl groups is 1. The molecule has 8 nitrogen and oxygen atoms in total. The van der Waals surface area contributed by atoms with Crippen LogP contribution in [0.4, 0.5) is 5.69 Å². The summed E-state index contributed by atoms with van der Waals surface area (Å²) in [5.41, 5.74) is 0.776. The second-order valence-corrected chi connectivity index (χ2v) is 12.0. The number of hydrogen-bond donors (Lipinski definition) is 3. The van der Waals surface area contributed by atoms with Crippen molar-refractivity contribution in [3.05, 3.63) is 23.8 Å². The van der Waals surface area contributed by atoms with Gasteiger partial charge in [-0.1, -0.05) is 20.8 Å². The Balaban J connectivity index is 1.91. The molecule has 2 fully saturated rings. The van der Waals surface area contributed by atoms with Crippen molar-refractivity contribution in [2.75, 3.05) is 45.8 Å². The quantitative estimate of drug-likeness (QED) is 0.456. The van der Waals surface area contributed by atoms with Gasteiger partial charge in [-0.3, -0.25) is 4.79 Å². The summed E-state index contributed by atoms with van der Waals surface area (Å²) >= 11 is 0. The van der Waals surface area contributed by atoms with Crippen molar-refractivity contribution in [2.24, 2.45) is 16.7 Å². The van der Waals surface area contributed by atoms with Crippen molar-refractivity contribution in [2.45, 2.75) is 51.0 Å². The molecule has 3 rings (SSSR count). The number of carbonyl (C=O) groups excluding carboxylic acids is 1. The van der Waals surface area contributed by atoms with Crippen LogP contribution in [0.3, 0.4) is 0 Å². The van der Waals surface area contributed by atoms with Gasteiger partial charge in [-0.15, -0.1) is 0 Å². The van der Waals surface area contributed by atoms with Crippen LogP contribution in [0.15, 0.2) is 23.1 Å². The van der Waals surface area contributed by atoms with E-state index in [1.807, 2.05) is 0 Å². The number of nitrogens with zero attached hydrogens (tertiary/aromatic N) is 1. The zero-order valence-corrected chi connectivity index (χ0v) is 20.6. The summed E-state index contributed by atoms with van der Waals surface area (Å²) in [6.07, 6.45) is 3.40. The number of fused-ring (bicyclic) bond motifs is 2. The Bertz CT molecular complexity index is 944. The van der Waals surface area contributed by atoms with Gasteiger partial charge in [0.15, 0.2) is 0 Å². The fraction of sp³-hybridized carbons (Fsp3) is 0.696. The first-order valence-electron chi connectivity index (χ1n) is 11.2. The van der Waals surface area contributed by atoms with Crippen LogP contribution in [-0.4, -0.2) is 70.2 Å². The highest BCUT2D eigenvalue weighted by molar-refractivity contribution is 7.89. The molecule has 0 heterocycles. The van der Waals surface area contributed by atoms with Crippen LogP contribution in [0.2, 0.25) is 0 Å². The number of methoxy groups -OCH3 is 1. The fourth-order valence-corrected chi connectivity index (χ4v) is 6.97. The summed E-state index contributed by atoms with van der Waals surface area (Å²) < 4.78 is 32.5. The molecule has 180 valence electrons. The van der Waals surface area contributed by atoms with Crippen molar-refractivity contribution in [1.82, 2.24) is 9.62 Å². The Kier molecular flexibility index (Phi) is 7.24. The van der Waals surface area contributed by atoms with Gasteiger partial charge in [-0.25, -0.2) is 8.42 Å². The van der Waals surface area contributed by atoms with Crippen molar-refractivity contribution >= 4 is 21.6 Å². The van der Waals surface area contributed by atoms with Crippen molar-refractivity contribution in [1.29, 1.82) is 0 Å².